The Morgan fingerprint density at radius 2 is 1.73 bits per heavy atom. The first-order chi connectivity index (χ1) is 14.7. The van der Waals surface area contributed by atoms with Crippen LogP contribution in [0.25, 0.3) is 0 Å². The normalized spacial score (nSPS) is 14.2. The number of anilines is 2. The predicted octanol–water partition coefficient (Wildman–Crippen LogP) is 3.05. The van der Waals surface area contributed by atoms with E-state index >= 15 is 0 Å². The number of hydrogen-bond acceptors (Lipinski definition) is 6. The van der Waals surface area contributed by atoms with Gasteiger partial charge >= 0.3 is 0 Å². The molecule has 1 aliphatic heterocycles. The van der Waals surface area contributed by atoms with E-state index in [0.717, 1.165) is 25.3 Å². The molecule has 1 saturated heterocycles. The van der Waals surface area contributed by atoms with Crippen molar-refractivity contribution in [1.82, 2.24) is 19.8 Å². The molecule has 1 amide bonds. The Bertz CT molecular complexity index is 1040. The number of carbonyl (C=O) groups is 1. The van der Waals surface area contributed by atoms with Crippen LogP contribution in [0.1, 0.15) is 21.5 Å². The molecule has 1 fully saturated rings. The minimum Gasteiger partial charge on any atom is -0.336 e. The molecule has 4 rings (SSSR count). The number of benzene rings is 2. The lowest BCUT2D eigenvalue weighted by atomic mass is 10.2. The van der Waals surface area contributed by atoms with Crippen LogP contribution in [-0.2, 0) is 6.54 Å². The van der Waals surface area contributed by atoms with Crippen LogP contribution >= 0.6 is 0 Å². The minimum atomic E-state index is -0.0487. The molecular formula is C23H22N6O. The van der Waals surface area contributed by atoms with Crippen molar-refractivity contribution in [2.45, 2.75) is 6.54 Å². The van der Waals surface area contributed by atoms with Gasteiger partial charge in [0.2, 0.25) is 5.95 Å². The molecule has 0 saturated carbocycles. The third-order valence-corrected chi connectivity index (χ3v) is 5.06. The number of nitrogens with one attached hydrogen (secondary N) is 1. The molecule has 1 aromatic heterocycles. The largest absolute Gasteiger partial charge is 0.336 e. The number of amides is 1. The average molecular weight is 398 g/mol. The van der Waals surface area contributed by atoms with Gasteiger partial charge in [-0.3, -0.25) is 9.69 Å². The maximum Gasteiger partial charge on any atom is 0.257 e. The van der Waals surface area contributed by atoms with Gasteiger partial charge in [-0.2, -0.15) is 5.26 Å². The second-order valence-corrected chi connectivity index (χ2v) is 7.17. The van der Waals surface area contributed by atoms with Gasteiger partial charge in [0.05, 0.1) is 17.2 Å². The fourth-order valence-corrected chi connectivity index (χ4v) is 3.43. The second-order valence-electron chi connectivity index (χ2n) is 7.17. The SMILES string of the molecule is N#Cc1cccc(Nc2ncc(C(=O)N3CCN(Cc4ccccc4)CC3)cn2)c1. The maximum atomic E-state index is 12.8. The van der Waals surface area contributed by atoms with Crippen molar-refractivity contribution >= 4 is 17.5 Å². The summed E-state index contributed by atoms with van der Waals surface area (Å²) in [5.74, 6) is 0.335. The van der Waals surface area contributed by atoms with E-state index in [1.165, 1.54) is 5.56 Å². The average Bonchev–Trinajstić information content (AvgIpc) is 2.80. The van der Waals surface area contributed by atoms with E-state index in [2.05, 4.69) is 38.4 Å². The molecule has 2 heterocycles. The summed E-state index contributed by atoms with van der Waals surface area (Å²) in [4.78, 5) is 25.5. The summed E-state index contributed by atoms with van der Waals surface area (Å²) in [5.41, 5.74) is 3.04. The van der Waals surface area contributed by atoms with E-state index in [9.17, 15) is 4.79 Å². The highest BCUT2D eigenvalue weighted by Gasteiger charge is 2.22. The van der Waals surface area contributed by atoms with Crippen molar-refractivity contribution in [2.75, 3.05) is 31.5 Å². The number of aromatic nitrogens is 2. The van der Waals surface area contributed by atoms with E-state index in [1.807, 2.05) is 29.2 Å². The Kier molecular flexibility index (Phi) is 5.97. The van der Waals surface area contributed by atoms with E-state index in [-0.39, 0.29) is 5.91 Å². The summed E-state index contributed by atoms with van der Waals surface area (Å²) in [6.07, 6.45) is 3.09. The molecule has 0 atom stereocenters. The molecule has 7 nitrogen and oxygen atoms in total. The van der Waals surface area contributed by atoms with Crippen molar-refractivity contribution in [3.05, 3.63) is 83.7 Å². The number of piperazine rings is 1. The molecule has 150 valence electrons. The lowest BCUT2D eigenvalue weighted by Gasteiger charge is -2.34. The minimum absolute atomic E-state index is 0.0487. The maximum absolute atomic E-state index is 12.8. The van der Waals surface area contributed by atoms with Crippen molar-refractivity contribution in [3.8, 4) is 6.07 Å². The summed E-state index contributed by atoms with van der Waals surface area (Å²) in [6.45, 7) is 3.96. The molecule has 2 aromatic carbocycles. The van der Waals surface area contributed by atoms with Gasteiger partial charge in [-0.1, -0.05) is 36.4 Å². The van der Waals surface area contributed by atoms with Crippen LogP contribution in [0.2, 0.25) is 0 Å². The van der Waals surface area contributed by atoms with E-state index in [1.54, 1.807) is 30.6 Å². The zero-order valence-corrected chi connectivity index (χ0v) is 16.5. The Labute approximate surface area is 175 Å². The van der Waals surface area contributed by atoms with Crippen LogP contribution in [0.15, 0.2) is 67.0 Å². The molecule has 3 aromatic rings. The first-order valence-corrected chi connectivity index (χ1v) is 9.86. The van der Waals surface area contributed by atoms with Crippen molar-refractivity contribution in [1.29, 1.82) is 5.26 Å². The van der Waals surface area contributed by atoms with Crippen LogP contribution in [0.5, 0.6) is 0 Å². The topological polar surface area (TPSA) is 85.1 Å². The summed E-state index contributed by atoms with van der Waals surface area (Å²) in [6, 6.07) is 19.5. The van der Waals surface area contributed by atoms with Crippen LogP contribution in [-0.4, -0.2) is 51.9 Å². The van der Waals surface area contributed by atoms with Gasteiger partial charge in [-0.05, 0) is 23.8 Å². The molecule has 0 radical (unpaired) electrons. The van der Waals surface area contributed by atoms with Crippen LogP contribution in [0.4, 0.5) is 11.6 Å². The molecule has 1 aliphatic rings. The number of rotatable bonds is 5. The van der Waals surface area contributed by atoms with Gasteiger partial charge in [0.25, 0.3) is 5.91 Å². The molecular weight excluding hydrogens is 376 g/mol. The highest BCUT2D eigenvalue weighted by Crippen LogP contribution is 2.15. The van der Waals surface area contributed by atoms with Gasteiger partial charge in [-0.15, -0.1) is 0 Å². The Balaban J connectivity index is 1.32. The summed E-state index contributed by atoms with van der Waals surface area (Å²) >= 11 is 0. The second kappa shape index (κ2) is 9.16. The van der Waals surface area contributed by atoms with E-state index in [4.69, 9.17) is 5.26 Å². The first-order valence-electron chi connectivity index (χ1n) is 9.86. The fraction of sp³-hybridized carbons (Fsp3) is 0.217. The first kappa shape index (κ1) is 19.6. The van der Waals surface area contributed by atoms with Crippen molar-refractivity contribution in [2.24, 2.45) is 0 Å². The van der Waals surface area contributed by atoms with E-state index < -0.39 is 0 Å². The molecule has 0 aliphatic carbocycles. The summed E-state index contributed by atoms with van der Waals surface area (Å²) in [5, 5.41) is 12.0. The highest BCUT2D eigenvalue weighted by molar-refractivity contribution is 5.93. The predicted molar refractivity (Wildman–Crippen MR) is 114 cm³/mol. The quantitative estimate of drug-likeness (QED) is 0.711. The molecule has 1 N–H and O–H groups in total. The Morgan fingerprint density at radius 3 is 2.43 bits per heavy atom. The van der Waals surface area contributed by atoms with Crippen LogP contribution in [0.3, 0.4) is 0 Å². The highest BCUT2D eigenvalue weighted by atomic mass is 16.2. The van der Waals surface area contributed by atoms with Crippen molar-refractivity contribution in [3.63, 3.8) is 0 Å². The number of hydrogen-bond donors (Lipinski definition) is 1. The summed E-state index contributed by atoms with van der Waals surface area (Å²) < 4.78 is 0. The number of carbonyl (C=O) groups excluding carboxylic acids is 1. The van der Waals surface area contributed by atoms with E-state index in [0.29, 0.717) is 30.2 Å². The van der Waals surface area contributed by atoms with Gasteiger partial charge in [0.1, 0.15) is 0 Å². The number of nitriles is 1. The van der Waals surface area contributed by atoms with Gasteiger partial charge in [-0.25, -0.2) is 9.97 Å². The molecule has 30 heavy (non-hydrogen) atoms. The zero-order valence-electron chi connectivity index (χ0n) is 16.5. The third kappa shape index (κ3) is 4.80. The molecule has 0 bridgehead atoms. The van der Waals surface area contributed by atoms with Gasteiger partial charge in [0, 0.05) is 50.8 Å². The fourth-order valence-electron chi connectivity index (χ4n) is 3.43. The Morgan fingerprint density at radius 1 is 1.00 bits per heavy atom. The molecule has 0 unspecified atom stereocenters. The standard InChI is InChI=1S/C23H22N6O/c24-14-19-7-4-8-21(13-19)27-23-25-15-20(16-26-23)22(30)29-11-9-28(10-12-29)17-18-5-2-1-3-6-18/h1-8,13,15-16H,9-12,17H2,(H,25,26,27). The van der Waals surface area contributed by atoms with Crippen LogP contribution in [0, 0.1) is 11.3 Å². The third-order valence-electron chi connectivity index (χ3n) is 5.06. The Hall–Kier alpha value is -3.76. The lowest BCUT2D eigenvalue weighted by molar-refractivity contribution is 0.0627. The molecule has 7 heteroatoms. The zero-order chi connectivity index (χ0) is 20.8. The van der Waals surface area contributed by atoms with Crippen molar-refractivity contribution < 1.29 is 4.79 Å². The van der Waals surface area contributed by atoms with Crippen LogP contribution < -0.4 is 5.32 Å². The number of nitrogens with zero attached hydrogens (tertiary/aromatic N) is 5. The smallest absolute Gasteiger partial charge is 0.257 e. The molecule has 0 spiro atoms. The van der Waals surface area contributed by atoms with Gasteiger partial charge < -0.3 is 10.2 Å². The lowest BCUT2D eigenvalue weighted by Crippen LogP contribution is -2.48. The van der Waals surface area contributed by atoms with Gasteiger partial charge in [0.15, 0.2) is 0 Å². The summed E-state index contributed by atoms with van der Waals surface area (Å²) in [7, 11) is 0. The monoisotopic (exact) mass is 398 g/mol.